The monoisotopic (exact) mass is 366 g/mol. The van der Waals surface area contributed by atoms with Crippen molar-refractivity contribution >= 4 is 21.7 Å². The second-order valence-corrected chi connectivity index (χ2v) is 7.35. The summed E-state index contributed by atoms with van der Waals surface area (Å²) in [6.45, 7) is 0. The van der Waals surface area contributed by atoms with Gasteiger partial charge in [-0.3, -0.25) is 4.79 Å². The van der Waals surface area contributed by atoms with Crippen molar-refractivity contribution in [2.24, 2.45) is 5.92 Å². The zero-order chi connectivity index (χ0) is 15.8. The first-order chi connectivity index (χ1) is 10.7. The summed E-state index contributed by atoms with van der Waals surface area (Å²) >= 11 is 3.41. The molecule has 0 unspecified atom stereocenters. The summed E-state index contributed by atoms with van der Waals surface area (Å²) in [6.07, 6.45) is 10.2. The first-order valence-corrected chi connectivity index (χ1v) is 9.44. The minimum absolute atomic E-state index is 0.236. The van der Waals surface area contributed by atoms with Crippen LogP contribution in [0.1, 0.15) is 75.9 Å². The Labute approximate surface area is 142 Å². The third-order valence-electron chi connectivity index (χ3n) is 4.69. The highest BCUT2D eigenvalue weighted by Crippen LogP contribution is 2.30. The first kappa shape index (κ1) is 17.7. The number of carbonyl (C=O) groups excluding carboxylic acids is 1. The van der Waals surface area contributed by atoms with Gasteiger partial charge >= 0.3 is 0 Å². The van der Waals surface area contributed by atoms with Crippen LogP contribution in [0, 0.1) is 5.92 Å². The fourth-order valence-corrected chi connectivity index (χ4v) is 3.56. The van der Waals surface area contributed by atoms with Gasteiger partial charge in [-0.1, -0.05) is 73.0 Å². The molecule has 1 saturated carbocycles. The van der Waals surface area contributed by atoms with E-state index in [4.69, 9.17) is 0 Å². The maximum absolute atomic E-state index is 12.5. The molecule has 1 aliphatic rings. The molecule has 1 aromatic rings. The van der Waals surface area contributed by atoms with Gasteiger partial charge in [-0.25, -0.2) is 0 Å². The number of Topliss-reactive ketones (excluding diaryl/α,β-unsaturated/α-hetero) is 1. The van der Waals surface area contributed by atoms with Crippen molar-refractivity contribution in [3.8, 4) is 0 Å². The smallest absolute Gasteiger partial charge is 0.138 e. The molecule has 1 aliphatic carbocycles. The Morgan fingerprint density at radius 2 is 1.45 bits per heavy atom. The van der Waals surface area contributed by atoms with Crippen LogP contribution in [0.4, 0.5) is 0 Å². The molecule has 0 amide bonds. The minimum atomic E-state index is -0.663. The number of hydrogen-bond acceptors (Lipinski definition) is 2. The molecule has 0 bridgehead atoms. The zero-order valence-electron chi connectivity index (χ0n) is 13.3. The molecule has 122 valence electrons. The molecule has 3 heteroatoms. The molecule has 2 atom stereocenters. The predicted molar refractivity (Wildman–Crippen MR) is 93.8 cm³/mol. The second-order valence-electron chi connectivity index (χ2n) is 6.44. The fourth-order valence-electron chi connectivity index (χ4n) is 3.30. The molecule has 0 aromatic heterocycles. The van der Waals surface area contributed by atoms with Crippen LogP contribution in [0.25, 0.3) is 0 Å². The molecule has 1 aromatic carbocycles. The van der Waals surface area contributed by atoms with Crippen LogP contribution in [0.5, 0.6) is 0 Å². The highest BCUT2D eigenvalue weighted by atomic mass is 79.9. The first-order valence-electron chi connectivity index (χ1n) is 8.65. The average molecular weight is 367 g/mol. The number of rotatable bonds is 2. The van der Waals surface area contributed by atoms with Crippen molar-refractivity contribution in [2.75, 3.05) is 0 Å². The van der Waals surface area contributed by atoms with E-state index in [1.54, 1.807) is 0 Å². The quantitative estimate of drug-likeness (QED) is 0.741. The highest BCUT2D eigenvalue weighted by Gasteiger charge is 2.27. The van der Waals surface area contributed by atoms with Crippen molar-refractivity contribution in [1.29, 1.82) is 0 Å². The van der Waals surface area contributed by atoms with Crippen LogP contribution in [0.3, 0.4) is 0 Å². The third kappa shape index (κ3) is 5.51. The van der Waals surface area contributed by atoms with E-state index < -0.39 is 6.10 Å². The maximum Gasteiger partial charge on any atom is 0.138 e. The summed E-state index contributed by atoms with van der Waals surface area (Å²) in [5.74, 6) is 0.0107. The summed E-state index contributed by atoms with van der Waals surface area (Å²) in [4.78, 5) is 12.5. The predicted octanol–water partition coefficient (Wildman–Crippen LogP) is 5.58. The summed E-state index contributed by atoms with van der Waals surface area (Å²) < 4.78 is 0.994. The standard InChI is InChI=1S/C19H27BrO2/c20-16-13-11-15(12-14-16)19(22)17-9-7-5-3-1-2-4-6-8-10-18(17)21/h11-14,17,19,22H,1-10H2/t17-,19+/m0/s1. The van der Waals surface area contributed by atoms with E-state index >= 15 is 0 Å². The Kier molecular flexibility index (Phi) is 7.61. The number of ketones is 1. The number of benzene rings is 1. The maximum atomic E-state index is 12.5. The highest BCUT2D eigenvalue weighted by molar-refractivity contribution is 9.10. The summed E-state index contributed by atoms with van der Waals surface area (Å²) in [7, 11) is 0. The van der Waals surface area contributed by atoms with Crippen LogP contribution in [0.15, 0.2) is 28.7 Å². The minimum Gasteiger partial charge on any atom is -0.388 e. The van der Waals surface area contributed by atoms with E-state index in [2.05, 4.69) is 15.9 Å². The SMILES string of the molecule is O=C1CCCCCCCCCC[C@@H]1[C@H](O)c1ccc(Br)cc1. The van der Waals surface area contributed by atoms with E-state index in [0.29, 0.717) is 6.42 Å². The topological polar surface area (TPSA) is 37.3 Å². The van der Waals surface area contributed by atoms with Gasteiger partial charge in [-0.2, -0.15) is 0 Å². The van der Waals surface area contributed by atoms with E-state index in [1.165, 1.54) is 32.1 Å². The summed E-state index contributed by atoms with van der Waals surface area (Å²) in [5, 5.41) is 10.7. The molecule has 0 saturated heterocycles. The normalized spacial score (nSPS) is 23.4. The number of hydrogen-bond donors (Lipinski definition) is 1. The molecule has 0 heterocycles. The Morgan fingerprint density at radius 3 is 2.09 bits per heavy atom. The van der Waals surface area contributed by atoms with E-state index in [1.807, 2.05) is 24.3 Å². The third-order valence-corrected chi connectivity index (χ3v) is 5.22. The molecule has 22 heavy (non-hydrogen) atoms. The van der Waals surface area contributed by atoms with Crippen molar-refractivity contribution in [3.63, 3.8) is 0 Å². The Bertz CT molecular complexity index is 455. The van der Waals surface area contributed by atoms with Gasteiger partial charge in [0.15, 0.2) is 0 Å². The molecule has 0 aliphatic heterocycles. The fraction of sp³-hybridized carbons (Fsp3) is 0.632. The van der Waals surface area contributed by atoms with Crippen molar-refractivity contribution in [2.45, 2.75) is 70.3 Å². The van der Waals surface area contributed by atoms with Crippen LogP contribution in [0.2, 0.25) is 0 Å². The lowest BCUT2D eigenvalue weighted by molar-refractivity contribution is -0.127. The lowest BCUT2D eigenvalue weighted by Gasteiger charge is -2.23. The largest absolute Gasteiger partial charge is 0.388 e. The van der Waals surface area contributed by atoms with Crippen molar-refractivity contribution in [3.05, 3.63) is 34.3 Å². The number of aliphatic hydroxyl groups is 1. The summed E-state index contributed by atoms with van der Waals surface area (Å²) in [5.41, 5.74) is 0.855. The van der Waals surface area contributed by atoms with Gasteiger partial charge in [0, 0.05) is 16.8 Å². The second kappa shape index (κ2) is 9.46. The lowest BCUT2D eigenvalue weighted by atomic mass is 9.85. The van der Waals surface area contributed by atoms with Crippen molar-refractivity contribution < 1.29 is 9.90 Å². The van der Waals surface area contributed by atoms with Crippen molar-refractivity contribution in [1.82, 2.24) is 0 Å². The number of aliphatic hydroxyl groups excluding tert-OH is 1. The number of halogens is 1. The average Bonchev–Trinajstić information content (AvgIpc) is 2.51. The molecule has 2 nitrogen and oxygen atoms in total. The van der Waals surface area contributed by atoms with Crippen LogP contribution >= 0.6 is 15.9 Å². The Hall–Kier alpha value is -0.670. The van der Waals surface area contributed by atoms with E-state index in [9.17, 15) is 9.90 Å². The molecular formula is C19H27BrO2. The van der Waals surface area contributed by atoms with Gasteiger partial charge in [-0.05, 0) is 30.5 Å². The van der Waals surface area contributed by atoms with E-state index in [-0.39, 0.29) is 11.7 Å². The van der Waals surface area contributed by atoms with Gasteiger partial charge in [0.25, 0.3) is 0 Å². The van der Waals surface area contributed by atoms with Crippen LogP contribution in [-0.2, 0) is 4.79 Å². The van der Waals surface area contributed by atoms with E-state index in [0.717, 1.165) is 35.7 Å². The summed E-state index contributed by atoms with van der Waals surface area (Å²) in [6, 6.07) is 7.69. The molecule has 0 radical (unpaired) electrons. The lowest BCUT2D eigenvalue weighted by Crippen LogP contribution is -2.22. The zero-order valence-corrected chi connectivity index (χ0v) is 14.9. The molecule has 1 N–H and O–H groups in total. The molecular weight excluding hydrogens is 340 g/mol. The van der Waals surface area contributed by atoms with Gasteiger partial charge in [-0.15, -0.1) is 0 Å². The molecule has 0 spiro atoms. The van der Waals surface area contributed by atoms with Crippen LogP contribution in [-0.4, -0.2) is 10.9 Å². The van der Waals surface area contributed by atoms with Gasteiger partial charge in [0.05, 0.1) is 6.10 Å². The van der Waals surface area contributed by atoms with Crippen LogP contribution < -0.4 is 0 Å². The van der Waals surface area contributed by atoms with Gasteiger partial charge in [0.1, 0.15) is 5.78 Å². The molecule has 2 rings (SSSR count). The van der Waals surface area contributed by atoms with Gasteiger partial charge in [0.2, 0.25) is 0 Å². The van der Waals surface area contributed by atoms with Gasteiger partial charge < -0.3 is 5.11 Å². The Balaban J connectivity index is 2.04. The molecule has 1 fully saturated rings. The number of carbonyl (C=O) groups is 1. The Morgan fingerprint density at radius 1 is 0.909 bits per heavy atom.